The molecule has 0 saturated carbocycles. The van der Waals surface area contributed by atoms with E-state index in [0.29, 0.717) is 0 Å². The number of hydrogen-bond acceptors (Lipinski definition) is 4. The third-order valence-electron chi connectivity index (χ3n) is 2.82. The molecule has 5 nitrogen and oxygen atoms in total. The highest BCUT2D eigenvalue weighted by Crippen LogP contribution is 2.25. The van der Waals surface area contributed by atoms with Gasteiger partial charge in [0.25, 0.3) is 0 Å². The zero-order valence-electron chi connectivity index (χ0n) is 9.50. The van der Waals surface area contributed by atoms with Gasteiger partial charge in [-0.2, -0.15) is 8.42 Å². The van der Waals surface area contributed by atoms with Gasteiger partial charge in [0.05, 0.1) is 6.61 Å². The fourth-order valence-electron chi connectivity index (χ4n) is 2.05. The molecule has 6 heteroatoms. The molecule has 2 N–H and O–H groups in total. The molecule has 1 aliphatic rings. The van der Waals surface area contributed by atoms with Crippen molar-refractivity contribution < 1.29 is 12.6 Å². The minimum atomic E-state index is -3.88. The Hall–Kier alpha value is -1.11. The van der Waals surface area contributed by atoms with Crippen LogP contribution in [0.3, 0.4) is 0 Å². The van der Waals surface area contributed by atoms with Crippen LogP contribution in [0, 0.1) is 0 Å². The van der Waals surface area contributed by atoms with Crippen molar-refractivity contribution in [2.24, 2.45) is 5.14 Å². The molecule has 1 heterocycles. The smallest absolute Gasteiger partial charge is 0.333 e. The Kier molecular flexibility index (Phi) is 3.66. The first-order chi connectivity index (χ1) is 8.06. The van der Waals surface area contributed by atoms with Crippen LogP contribution in [0.2, 0.25) is 0 Å². The summed E-state index contributed by atoms with van der Waals surface area (Å²) in [7, 11) is -3.88. The topological polar surface area (TPSA) is 72.6 Å². The molecule has 1 fully saturated rings. The summed E-state index contributed by atoms with van der Waals surface area (Å²) in [5, 5.41) is 4.82. The molecule has 1 aromatic rings. The first kappa shape index (κ1) is 12.3. The molecule has 0 amide bonds. The largest absolute Gasteiger partial charge is 0.371 e. The van der Waals surface area contributed by atoms with Gasteiger partial charge in [-0.05, 0) is 18.9 Å². The van der Waals surface area contributed by atoms with E-state index in [-0.39, 0.29) is 6.61 Å². The van der Waals surface area contributed by atoms with E-state index in [9.17, 15) is 8.42 Å². The Balaban J connectivity index is 2.15. The normalized spacial score (nSPS) is 16.4. The van der Waals surface area contributed by atoms with Crippen LogP contribution in [0.4, 0.5) is 5.69 Å². The summed E-state index contributed by atoms with van der Waals surface area (Å²) in [6.45, 7) is 2.00. The summed E-state index contributed by atoms with van der Waals surface area (Å²) < 4.78 is 26.2. The van der Waals surface area contributed by atoms with Crippen LogP contribution in [0.15, 0.2) is 24.3 Å². The predicted molar refractivity (Wildman–Crippen MR) is 65.8 cm³/mol. The van der Waals surface area contributed by atoms with Gasteiger partial charge in [0.2, 0.25) is 0 Å². The van der Waals surface area contributed by atoms with Crippen molar-refractivity contribution in [1.29, 1.82) is 0 Å². The van der Waals surface area contributed by atoms with Gasteiger partial charge in [-0.15, -0.1) is 0 Å². The lowest BCUT2D eigenvalue weighted by Gasteiger charge is -2.20. The van der Waals surface area contributed by atoms with E-state index in [2.05, 4.69) is 9.08 Å². The van der Waals surface area contributed by atoms with Crippen LogP contribution >= 0.6 is 0 Å². The first-order valence-electron chi connectivity index (χ1n) is 5.56. The quantitative estimate of drug-likeness (QED) is 0.872. The van der Waals surface area contributed by atoms with E-state index in [0.717, 1.165) is 24.3 Å². The van der Waals surface area contributed by atoms with E-state index in [1.165, 1.54) is 12.8 Å². The zero-order chi connectivity index (χ0) is 12.3. The van der Waals surface area contributed by atoms with Gasteiger partial charge in [-0.3, -0.25) is 4.18 Å². The number of nitrogens with zero attached hydrogens (tertiary/aromatic N) is 1. The molecule has 0 bridgehead atoms. The number of para-hydroxylation sites is 1. The Morgan fingerprint density at radius 3 is 2.53 bits per heavy atom. The average Bonchev–Trinajstić information content (AvgIpc) is 2.79. The number of nitrogens with two attached hydrogens (primary N) is 1. The van der Waals surface area contributed by atoms with Gasteiger partial charge in [0, 0.05) is 24.3 Å². The monoisotopic (exact) mass is 256 g/mol. The van der Waals surface area contributed by atoms with E-state index < -0.39 is 10.3 Å². The molecular formula is C11H16N2O3S. The van der Waals surface area contributed by atoms with Crippen molar-refractivity contribution in [3.05, 3.63) is 29.8 Å². The molecule has 1 aromatic carbocycles. The SMILES string of the molecule is NS(=O)(=O)OCc1ccccc1N1CCCC1. The molecule has 17 heavy (non-hydrogen) atoms. The molecule has 2 rings (SSSR count). The van der Waals surface area contributed by atoms with Crippen LogP contribution in [0.25, 0.3) is 0 Å². The van der Waals surface area contributed by atoms with Crippen molar-refractivity contribution in [3.63, 3.8) is 0 Å². The fraction of sp³-hybridized carbons (Fsp3) is 0.455. The molecular weight excluding hydrogens is 240 g/mol. The van der Waals surface area contributed by atoms with Crippen LogP contribution in [-0.4, -0.2) is 21.5 Å². The summed E-state index contributed by atoms with van der Waals surface area (Å²) in [4.78, 5) is 2.24. The molecule has 0 spiro atoms. The number of hydrogen-bond donors (Lipinski definition) is 1. The number of anilines is 1. The van der Waals surface area contributed by atoms with Gasteiger partial charge in [0.15, 0.2) is 0 Å². The maximum absolute atomic E-state index is 10.8. The zero-order valence-corrected chi connectivity index (χ0v) is 10.3. The Morgan fingerprint density at radius 2 is 1.88 bits per heavy atom. The van der Waals surface area contributed by atoms with Crippen LogP contribution < -0.4 is 10.0 Å². The van der Waals surface area contributed by atoms with Gasteiger partial charge >= 0.3 is 10.3 Å². The summed E-state index contributed by atoms with van der Waals surface area (Å²) in [5.74, 6) is 0. The van der Waals surface area contributed by atoms with Crippen LogP contribution in [0.5, 0.6) is 0 Å². The van der Waals surface area contributed by atoms with Crippen LogP contribution in [-0.2, 0) is 21.1 Å². The lowest BCUT2D eigenvalue weighted by molar-refractivity contribution is 0.309. The van der Waals surface area contributed by atoms with Crippen molar-refractivity contribution >= 4 is 16.0 Å². The van der Waals surface area contributed by atoms with Crippen molar-refractivity contribution in [1.82, 2.24) is 0 Å². The van der Waals surface area contributed by atoms with Crippen molar-refractivity contribution in [2.75, 3.05) is 18.0 Å². The third kappa shape index (κ3) is 3.42. The first-order valence-corrected chi connectivity index (χ1v) is 7.03. The van der Waals surface area contributed by atoms with Gasteiger partial charge in [-0.1, -0.05) is 18.2 Å². The van der Waals surface area contributed by atoms with Crippen molar-refractivity contribution in [3.8, 4) is 0 Å². The Morgan fingerprint density at radius 1 is 1.24 bits per heavy atom. The van der Waals surface area contributed by atoms with Gasteiger partial charge in [0.1, 0.15) is 0 Å². The maximum atomic E-state index is 10.8. The summed E-state index contributed by atoms with van der Waals surface area (Å²) in [6.07, 6.45) is 2.34. The Labute approximate surface area is 101 Å². The Bertz CT molecular complexity index is 481. The van der Waals surface area contributed by atoms with Gasteiger partial charge in [-0.25, -0.2) is 5.14 Å². The minimum absolute atomic E-state index is 0.00843. The highest BCUT2D eigenvalue weighted by Gasteiger charge is 2.16. The second kappa shape index (κ2) is 5.03. The highest BCUT2D eigenvalue weighted by molar-refractivity contribution is 7.84. The molecule has 0 radical (unpaired) electrons. The minimum Gasteiger partial charge on any atom is -0.371 e. The standard InChI is InChI=1S/C11H16N2O3S/c12-17(14,15)16-9-10-5-1-2-6-11(10)13-7-3-4-8-13/h1-2,5-6H,3-4,7-9H2,(H2,12,14,15). The maximum Gasteiger partial charge on any atom is 0.333 e. The predicted octanol–water partition coefficient (Wildman–Crippen LogP) is 1.01. The van der Waals surface area contributed by atoms with Crippen LogP contribution in [0.1, 0.15) is 18.4 Å². The van der Waals surface area contributed by atoms with Gasteiger partial charge < -0.3 is 4.90 Å². The molecule has 1 saturated heterocycles. The third-order valence-corrected chi connectivity index (χ3v) is 3.26. The van der Waals surface area contributed by atoms with Crippen molar-refractivity contribution in [2.45, 2.75) is 19.4 Å². The van der Waals surface area contributed by atoms with E-state index in [4.69, 9.17) is 5.14 Å². The molecule has 0 atom stereocenters. The summed E-state index contributed by atoms with van der Waals surface area (Å²) in [5.41, 5.74) is 1.89. The fourth-order valence-corrected chi connectivity index (χ4v) is 2.34. The lowest BCUT2D eigenvalue weighted by atomic mass is 10.2. The molecule has 0 unspecified atom stereocenters. The number of benzene rings is 1. The number of rotatable bonds is 4. The average molecular weight is 256 g/mol. The van der Waals surface area contributed by atoms with E-state index in [1.54, 1.807) is 0 Å². The summed E-state index contributed by atoms with van der Waals surface area (Å²) >= 11 is 0. The highest BCUT2D eigenvalue weighted by atomic mass is 32.2. The second-order valence-electron chi connectivity index (χ2n) is 4.08. The molecule has 1 aliphatic heterocycles. The second-order valence-corrected chi connectivity index (χ2v) is 5.30. The summed E-state index contributed by atoms with van der Waals surface area (Å²) in [6, 6.07) is 7.64. The molecule has 94 valence electrons. The molecule has 0 aromatic heterocycles. The van der Waals surface area contributed by atoms with E-state index >= 15 is 0 Å². The molecule has 0 aliphatic carbocycles. The van der Waals surface area contributed by atoms with E-state index in [1.807, 2.05) is 24.3 Å². The lowest BCUT2D eigenvalue weighted by Crippen LogP contribution is -2.21.